The Morgan fingerprint density at radius 1 is 1.36 bits per heavy atom. The molecule has 1 saturated heterocycles. The maximum absolute atomic E-state index is 12.1. The first-order valence-electron chi connectivity index (χ1n) is 7.26. The maximum atomic E-state index is 12.1. The number of rotatable bonds is 5. The second-order valence-electron chi connectivity index (χ2n) is 5.42. The predicted octanol–water partition coefficient (Wildman–Crippen LogP) is 1.76. The summed E-state index contributed by atoms with van der Waals surface area (Å²) in [5.41, 5.74) is 0.665. The molecule has 2 aliphatic heterocycles. The number of nitro groups is 1. The van der Waals surface area contributed by atoms with Gasteiger partial charge in [0.1, 0.15) is 5.75 Å². The third kappa shape index (κ3) is 4.51. The minimum Gasteiger partial charge on any atom is -0.406 e. The number of halogens is 3. The van der Waals surface area contributed by atoms with Crippen LogP contribution < -0.4 is 10.1 Å². The highest BCUT2D eigenvalue weighted by atomic mass is 19.4. The van der Waals surface area contributed by atoms with Crippen molar-refractivity contribution in [2.75, 3.05) is 13.2 Å². The molecule has 0 saturated carbocycles. The molecule has 0 aromatic heterocycles. The second-order valence-corrected chi connectivity index (χ2v) is 5.42. The van der Waals surface area contributed by atoms with Crippen LogP contribution in [0.2, 0.25) is 0 Å². The van der Waals surface area contributed by atoms with Crippen LogP contribution in [0.25, 0.3) is 0 Å². The molecule has 0 bridgehead atoms. The normalized spacial score (nSPS) is 22.8. The van der Waals surface area contributed by atoms with Gasteiger partial charge in [-0.2, -0.15) is 0 Å². The number of hydrogen-bond acceptors (Lipinski definition) is 7. The van der Waals surface area contributed by atoms with Crippen molar-refractivity contribution in [3.8, 4) is 5.75 Å². The molecule has 3 rings (SSSR count). The van der Waals surface area contributed by atoms with Crippen LogP contribution in [0.1, 0.15) is 5.56 Å². The van der Waals surface area contributed by atoms with E-state index in [-0.39, 0.29) is 30.9 Å². The average molecular weight is 361 g/mol. The Morgan fingerprint density at radius 2 is 2.08 bits per heavy atom. The highest BCUT2D eigenvalue weighted by Gasteiger charge is 2.38. The summed E-state index contributed by atoms with van der Waals surface area (Å²) in [5, 5.41) is 13.3. The van der Waals surface area contributed by atoms with Gasteiger partial charge in [-0.1, -0.05) is 12.1 Å². The van der Waals surface area contributed by atoms with Crippen molar-refractivity contribution >= 4 is 0 Å². The summed E-state index contributed by atoms with van der Waals surface area (Å²) >= 11 is 0. The van der Waals surface area contributed by atoms with Crippen LogP contribution in [0.4, 0.5) is 13.2 Å². The Balaban J connectivity index is 1.50. The van der Waals surface area contributed by atoms with Gasteiger partial charge in [0.25, 0.3) is 6.35 Å². The van der Waals surface area contributed by atoms with Gasteiger partial charge in [0.15, 0.2) is 0 Å². The van der Waals surface area contributed by atoms with Crippen LogP contribution in [0.3, 0.4) is 0 Å². The summed E-state index contributed by atoms with van der Waals surface area (Å²) in [6.45, 7) is 0.796. The fourth-order valence-electron chi connectivity index (χ4n) is 2.45. The molecule has 11 heteroatoms. The molecule has 136 valence electrons. The summed E-state index contributed by atoms with van der Waals surface area (Å²) in [7, 11) is 0. The first-order chi connectivity index (χ1) is 11.8. The van der Waals surface area contributed by atoms with Crippen molar-refractivity contribution in [2.45, 2.75) is 25.4 Å². The van der Waals surface area contributed by atoms with Crippen molar-refractivity contribution in [1.82, 2.24) is 10.2 Å². The van der Waals surface area contributed by atoms with E-state index in [4.69, 9.17) is 9.47 Å². The number of ether oxygens (including phenoxy) is 3. The molecule has 1 N–H and O–H groups in total. The molecule has 1 aromatic carbocycles. The van der Waals surface area contributed by atoms with E-state index in [1.807, 2.05) is 0 Å². The number of nitrogens with one attached hydrogen (secondary N) is 1. The van der Waals surface area contributed by atoms with Crippen molar-refractivity contribution in [1.29, 1.82) is 0 Å². The lowest BCUT2D eigenvalue weighted by Crippen LogP contribution is -2.50. The molecule has 25 heavy (non-hydrogen) atoms. The number of benzene rings is 1. The van der Waals surface area contributed by atoms with Crippen molar-refractivity contribution in [2.24, 2.45) is 0 Å². The lowest BCUT2D eigenvalue weighted by Gasteiger charge is -2.32. The number of nitrogens with zero attached hydrogens (tertiary/aromatic N) is 2. The Labute approximate surface area is 139 Å². The first kappa shape index (κ1) is 17.3. The van der Waals surface area contributed by atoms with Crippen LogP contribution in [0.5, 0.6) is 5.75 Å². The topological polar surface area (TPSA) is 86.1 Å². The van der Waals surface area contributed by atoms with Gasteiger partial charge in [-0.05, 0) is 22.6 Å². The highest BCUT2D eigenvalue weighted by molar-refractivity contribution is 5.27. The van der Waals surface area contributed by atoms with E-state index in [0.29, 0.717) is 12.1 Å². The molecular formula is C14H14F3N3O5. The quantitative estimate of drug-likeness (QED) is 0.632. The Kier molecular flexibility index (Phi) is 4.68. The fraction of sp³-hybridized carbons (Fsp3) is 0.429. The van der Waals surface area contributed by atoms with Crippen LogP contribution >= 0.6 is 0 Å². The van der Waals surface area contributed by atoms with Crippen molar-refractivity contribution in [3.05, 3.63) is 52.0 Å². The molecule has 2 heterocycles. The third-order valence-electron chi connectivity index (χ3n) is 3.55. The summed E-state index contributed by atoms with van der Waals surface area (Å²) < 4.78 is 51.2. The predicted molar refractivity (Wildman–Crippen MR) is 76.4 cm³/mol. The van der Waals surface area contributed by atoms with Gasteiger partial charge < -0.3 is 29.2 Å². The van der Waals surface area contributed by atoms with E-state index in [0.717, 1.165) is 0 Å². The monoisotopic (exact) mass is 361 g/mol. The van der Waals surface area contributed by atoms with E-state index in [9.17, 15) is 23.3 Å². The number of hydrogen-bond donors (Lipinski definition) is 1. The van der Waals surface area contributed by atoms with Crippen molar-refractivity contribution in [3.63, 3.8) is 0 Å². The zero-order valence-corrected chi connectivity index (χ0v) is 12.7. The summed E-state index contributed by atoms with van der Waals surface area (Å²) in [5.74, 6) is -0.452. The average Bonchev–Trinajstić information content (AvgIpc) is 2.96. The summed E-state index contributed by atoms with van der Waals surface area (Å²) in [6.07, 6.45) is -4.29. The van der Waals surface area contributed by atoms with E-state index in [1.54, 1.807) is 4.90 Å². The van der Waals surface area contributed by atoms with E-state index >= 15 is 0 Å². The molecule has 0 amide bonds. The lowest BCUT2D eigenvalue weighted by molar-refractivity contribution is -0.432. The molecule has 1 fully saturated rings. The Hall–Kier alpha value is -2.53. The minimum absolute atomic E-state index is 0.147. The summed E-state index contributed by atoms with van der Waals surface area (Å²) in [6, 6.07) is 5.34. The van der Waals surface area contributed by atoms with Gasteiger partial charge in [0.05, 0.1) is 32.1 Å². The van der Waals surface area contributed by atoms with E-state index < -0.39 is 17.6 Å². The standard InChI is InChI=1S/C14H14F3N3O5/c15-14(16,17)25-10-3-1-9(2-4-10)7-23-11-5-19-6-12(20(21)22)18-13(19)24-8-11/h1-4,6,11,13,18H,5,7-8H2/t11-,13?/m0/s1. The van der Waals surface area contributed by atoms with E-state index in [2.05, 4.69) is 10.1 Å². The maximum Gasteiger partial charge on any atom is 0.573 e. The van der Waals surface area contributed by atoms with Gasteiger partial charge >= 0.3 is 12.2 Å². The van der Waals surface area contributed by atoms with E-state index in [1.165, 1.54) is 30.5 Å². The molecule has 0 spiro atoms. The highest BCUT2D eigenvalue weighted by Crippen LogP contribution is 2.23. The smallest absolute Gasteiger partial charge is 0.406 e. The zero-order chi connectivity index (χ0) is 18.0. The van der Waals surface area contributed by atoms with Crippen LogP contribution in [-0.4, -0.2) is 41.8 Å². The molecule has 1 aromatic rings. The van der Waals surface area contributed by atoms with Crippen LogP contribution in [-0.2, 0) is 16.1 Å². The summed E-state index contributed by atoms with van der Waals surface area (Å²) in [4.78, 5) is 11.8. The Morgan fingerprint density at radius 3 is 2.72 bits per heavy atom. The minimum atomic E-state index is -4.73. The second kappa shape index (κ2) is 6.76. The van der Waals surface area contributed by atoms with Crippen molar-refractivity contribution < 1.29 is 32.3 Å². The fourth-order valence-corrected chi connectivity index (χ4v) is 2.45. The van der Waals surface area contributed by atoms with Crippen LogP contribution in [0.15, 0.2) is 36.3 Å². The number of fused-ring (bicyclic) bond motifs is 1. The molecule has 1 unspecified atom stereocenters. The van der Waals surface area contributed by atoms with Gasteiger partial charge in [-0.3, -0.25) is 0 Å². The number of alkyl halides is 3. The molecule has 2 aliphatic rings. The molecular weight excluding hydrogens is 347 g/mol. The van der Waals surface area contributed by atoms with Crippen LogP contribution in [0, 0.1) is 10.1 Å². The first-order valence-corrected chi connectivity index (χ1v) is 7.26. The van der Waals surface area contributed by atoms with Gasteiger partial charge in [0, 0.05) is 0 Å². The lowest BCUT2D eigenvalue weighted by atomic mass is 10.2. The van der Waals surface area contributed by atoms with Gasteiger partial charge in [-0.15, -0.1) is 13.2 Å². The van der Waals surface area contributed by atoms with Gasteiger partial charge in [-0.25, -0.2) is 5.32 Å². The largest absolute Gasteiger partial charge is 0.573 e. The molecule has 0 aliphatic carbocycles. The third-order valence-corrected chi connectivity index (χ3v) is 3.55. The molecule has 2 atom stereocenters. The zero-order valence-electron chi connectivity index (χ0n) is 12.7. The molecule has 8 nitrogen and oxygen atoms in total. The Bertz CT molecular complexity index is 665. The SMILES string of the molecule is O=[N+]([O-])C1=CN2C[C@H](OCc3ccc(OC(F)(F)F)cc3)COC2N1. The van der Waals surface area contributed by atoms with Gasteiger partial charge in [0.2, 0.25) is 0 Å². The molecule has 0 radical (unpaired) electrons.